The monoisotopic (exact) mass is 546 g/mol. The van der Waals surface area contributed by atoms with E-state index in [2.05, 4.69) is 9.97 Å². The molecule has 0 saturated carbocycles. The third kappa shape index (κ3) is 6.76. The lowest BCUT2D eigenvalue weighted by Crippen LogP contribution is -2.22. The quantitative estimate of drug-likeness (QED) is 0.315. The number of aliphatic hydroxyl groups excluding tert-OH is 1. The smallest absolute Gasteiger partial charge is 0.227 e. The number of aromatic nitrogens is 2. The van der Waals surface area contributed by atoms with Gasteiger partial charge in [0, 0.05) is 35.4 Å². The summed E-state index contributed by atoms with van der Waals surface area (Å²) in [6.45, 7) is 3.29. The number of allylic oxidation sites excluding steroid dienone is 1. The standard InChI is InChI=1S/C25H24Cl2N4O4S/c1-15(31(14-33)13-17-12-29-16(2)30-24(17)28)22(10-11-32)36-25(34)18-6-3-4-9-21(18)35-23-19(26)7-5-8-20(23)27/h3-9,12,14,32H,10-11,13H2,1-2H3,(H2,28,29,30). The van der Waals surface area contributed by atoms with Crippen LogP contribution in [0.25, 0.3) is 0 Å². The summed E-state index contributed by atoms with van der Waals surface area (Å²) in [5, 5.41) is 9.89. The predicted octanol–water partition coefficient (Wildman–Crippen LogP) is 5.61. The molecule has 0 atom stereocenters. The summed E-state index contributed by atoms with van der Waals surface area (Å²) in [5.41, 5.74) is 7.30. The number of nitrogens with zero attached hydrogens (tertiary/aromatic N) is 3. The van der Waals surface area contributed by atoms with Gasteiger partial charge in [0.25, 0.3) is 0 Å². The molecular formula is C25H24Cl2N4O4S. The molecule has 3 N–H and O–H groups in total. The molecule has 1 aromatic heterocycles. The largest absolute Gasteiger partial charge is 0.453 e. The molecule has 0 fully saturated rings. The number of hydrogen-bond acceptors (Lipinski definition) is 8. The number of aryl methyl sites for hydroxylation is 1. The average molecular weight is 547 g/mol. The molecule has 0 aliphatic rings. The van der Waals surface area contributed by atoms with Crippen molar-refractivity contribution in [1.82, 2.24) is 14.9 Å². The number of amides is 1. The zero-order valence-corrected chi connectivity index (χ0v) is 21.9. The van der Waals surface area contributed by atoms with Gasteiger partial charge in [0.05, 0.1) is 22.2 Å². The second-order valence-corrected chi connectivity index (χ2v) is 9.46. The number of hydrogen-bond donors (Lipinski definition) is 2. The van der Waals surface area contributed by atoms with Crippen LogP contribution in [0.3, 0.4) is 0 Å². The number of halogens is 2. The predicted molar refractivity (Wildman–Crippen MR) is 142 cm³/mol. The fraction of sp³-hybridized carbons (Fsp3) is 0.200. The minimum Gasteiger partial charge on any atom is -0.453 e. The summed E-state index contributed by atoms with van der Waals surface area (Å²) in [6, 6.07) is 11.6. The van der Waals surface area contributed by atoms with Crippen LogP contribution in [0.4, 0.5) is 5.82 Å². The van der Waals surface area contributed by atoms with Crippen molar-refractivity contribution in [2.45, 2.75) is 26.8 Å². The Kier molecular flexibility index (Phi) is 9.72. The van der Waals surface area contributed by atoms with Crippen LogP contribution in [0.1, 0.15) is 35.1 Å². The molecule has 3 aromatic rings. The number of nitrogens with two attached hydrogens (primary N) is 1. The Hall–Kier alpha value is -3.11. The van der Waals surface area contributed by atoms with Crippen LogP contribution in [0.2, 0.25) is 10.0 Å². The maximum Gasteiger partial charge on any atom is 0.227 e. The summed E-state index contributed by atoms with van der Waals surface area (Å²) in [6.07, 6.45) is 2.35. The molecule has 8 nitrogen and oxygen atoms in total. The lowest BCUT2D eigenvalue weighted by atomic mass is 10.2. The molecule has 0 saturated heterocycles. The number of rotatable bonds is 10. The zero-order chi connectivity index (χ0) is 26.2. The molecule has 0 bridgehead atoms. The topological polar surface area (TPSA) is 119 Å². The first-order valence-electron chi connectivity index (χ1n) is 10.8. The number of nitrogen functional groups attached to an aromatic ring is 1. The van der Waals surface area contributed by atoms with Gasteiger partial charge in [0.15, 0.2) is 5.75 Å². The fourth-order valence-corrected chi connectivity index (χ4v) is 4.64. The highest BCUT2D eigenvalue weighted by atomic mass is 35.5. The second-order valence-electron chi connectivity index (χ2n) is 7.58. The Labute approximate surface area is 223 Å². The van der Waals surface area contributed by atoms with E-state index in [9.17, 15) is 14.7 Å². The van der Waals surface area contributed by atoms with Gasteiger partial charge < -0.3 is 20.5 Å². The minimum atomic E-state index is -0.347. The van der Waals surface area contributed by atoms with Gasteiger partial charge in [-0.1, -0.05) is 41.4 Å². The molecule has 0 radical (unpaired) electrons. The Morgan fingerprint density at radius 2 is 1.89 bits per heavy atom. The molecule has 0 aliphatic heterocycles. The molecule has 0 spiro atoms. The maximum absolute atomic E-state index is 13.3. The van der Waals surface area contributed by atoms with Crippen molar-refractivity contribution in [3.8, 4) is 11.5 Å². The highest BCUT2D eigenvalue weighted by Crippen LogP contribution is 2.39. The van der Waals surface area contributed by atoms with Crippen molar-refractivity contribution in [3.05, 3.63) is 86.3 Å². The number of carbonyl (C=O) groups is 2. The molecule has 0 aliphatic carbocycles. The van der Waals surface area contributed by atoms with Crippen LogP contribution >= 0.6 is 35.0 Å². The van der Waals surface area contributed by atoms with Crippen molar-refractivity contribution in [2.24, 2.45) is 0 Å². The van der Waals surface area contributed by atoms with E-state index in [1.807, 2.05) is 0 Å². The van der Waals surface area contributed by atoms with E-state index < -0.39 is 0 Å². The number of benzene rings is 2. The third-order valence-corrected chi connectivity index (χ3v) is 6.86. The van der Waals surface area contributed by atoms with Gasteiger partial charge in [-0.05, 0) is 49.9 Å². The average Bonchev–Trinajstić information content (AvgIpc) is 2.85. The van der Waals surface area contributed by atoms with Crippen molar-refractivity contribution < 1.29 is 19.4 Å². The van der Waals surface area contributed by atoms with Gasteiger partial charge in [-0.3, -0.25) is 9.59 Å². The van der Waals surface area contributed by atoms with Gasteiger partial charge in [0.2, 0.25) is 11.5 Å². The first-order valence-corrected chi connectivity index (χ1v) is 12.4. The normalized spacial score (nSPS) is 11.6. The number of ether oxygens (including phenoxy) is 1. The Bertz CT molecular complexity index is 1280. The van der Waals surface area contributed by atoms with Crippen molar-refractivity contribution in [2.75, 3.05) is 12.3 Å². The minimum absolute atomic E-state index is 0.107. The van der Waals surface area contributed by atoms with Crippen LogP contribution in [-0.4, -0.2) is 38.1 Å². The van der Waals surface area contributed by atoms with E-state index in [4.69, 9.17) is 33.7 Å². The van der Waals surface area contributed by atoms with E-state index in [0.29, 0.717) is 38.4 Å². The lowest BCUT2D eigenvalue weighted by molar-refractivity contribution is -0.116. The highest BCUT2D eigenvalue weighted by molar-refractivity contribution is 8.17. The van der Waals surface area contributed by atoms with Crippen LogP contribution in [0.5, 0.6) is 11.5 Å². The maximum atomic E-state index is 13.3. The Morgan fingerprint density at radius 3 is 2.53 bits per heavy atom. The number of thioether (sulfide) groups is 1. The van der Waals surface area contributed by atoms with Crippen molar-refractivity contribution >= 4 is 52.3 Å². The Balaban J connectivity index is 1.89. The van der Waals surface area contributed by atoms with E-state index in [1.165, 1.54) is 4.90 Å². The second kappa shape index (κ2) is 12.7. The summed E-state index contributed by atoms with van der Waals surface area (Å²) in [5.74, 6) is 1.28. The number of aliphatic hydroxyl groups is 1. The van der Waals surface area contributed by atoms with Crippen LogP contribution in [-0.2, 0) is 11.3 Å². The SMILES string of the molecule is CC(=C(CCO)SC(=O)c1ccccc1Oc1c(Cl)cccc1Cl)N(C=O)Cc1cnc(C)nc1N. The highest BCUT2D eigenvalue weighted by Gasteiger charge is 2.21. The van der Waals surface area contributed by atoms with Crippen LogP contribution in [0.15, 0.2) is 59.3 Å². The molecule has 3 rings (SSSR count). The molecular weight excluding hydrogens is 523 g/mol. The summed E-state index contributed by atoms with van der Waals surface area (Å²) >= 11 is 13.3. The molecule has 188 valence electrons. The van der Waals surface area contributed by atoms with Gasteiger partial charge in [-0.2, -0.15) is 0 Å². The summed E-state index contributed by atoms with van der Waals surface area (Å²) < 4.78 is 5.91. The molecule has 11 heteroatoms. The summed E-state index contributed by atoms with van der Waals surface area (Å²) in [4.78, 5) is 35.4. The Morgan fingerprint density at radius 1 is 1.19 bits per heavy atom. The first-order chi connectivity index (χ1) is 17.2. The molecule has 36 heavy (non-hydrogen) atoms. The van der Waals surface area contributed by atoms with Crippen molar-refractivity contribution in [1.29, 1.82) is 0 Å². The number of anilines is 1. The van der Waals surface area contributed by atoms with E-state index >= 15 is 0 Å². The third-order valence-electron chi connectivity index (χ3n) is 5.11. The molecule has 1 amide bonds. The van der Waals surface area contributed by atoms with Crippen LogP contribution < -0.4 is 10.5 Å². The van der Waals surface area contributed by atoms with E-state index in [1.54, 1.807) is 62.5 Å². The van der Waals surface area contributed by atoms with Crippen LogP contribution in [0, 0.1) is 6.92 Å². The van der Waals surface area contributed by atoms with Gasteiger partial charge in [0.1, 0.15) is 17.4 Å². The van der Waals surface area contributed by atoms with Gasteiger partial charge >= 0.3 is 0 Å². The van der Waals surface area contributed by atoms with Gasteiger partial charge in [-0.25, -0.2) is 9.97 Å². The number of carbonyl (C=O) groups excluding carboxylic acids is 2. The fourth-order valence-electron chi connectivity index (χ4n) is 3.20. The molecule has 0 unspecified atom stereocenters. The summed E-state index contributed by atoms with van der Waals surface area (Å²) in [7, 11) is 0. The lowest BCUT2D eigenvalue weighted by Gasteiger charge is -2.22. The zero-order valence-electron chi connectivity index (χ0n) is 19.6. The first kappa shape index (κ1) is 27.5. The molecule has 2 aromatic carbocycles. The van der Waals surface area contributed by atoms with Gasteiger partial charge in [-0.15, -0.1) is 0 Å². The number of para-hydroxylation sites is 2. The molecule has 1 heterocycles. The van der Waals surface area contributed by atoms with E-state index in [-0.39, 0.29) is 47.6 Å². The van der Waals surface area contributed by atoms with E-state index in [0.717, 1.165) is 11.8 Å². The van der Waals surface area contributed by atoms with Crippen molar-refractivity contribution in [3.63, 3.8) is 0 Å².